The molecule has 0 radical (unpaired) electrons. The number of carboxylic acid groups (broad SMARTS) is 1. The van der Waals surface area contributed by atoms with E-state index in [1.165, 1.54) is 13.8 Å². The molecule has 4 N–H and O–H groups in total. The Balaban J connectivity index is 0. The van der Waals surface area contributed by atoms with E-state index in [9.17, 15) is 9.59 Å². The van der Waals surface area contributed by atoms with Crippen LogP contribution >= 0.6 is 25.0 Å². The van der Waals surface area contributed by atoms with E-state index in [4.69, 9.17) is 10.8 Å². The van der Waals surface area contributed by atoms with E-state index >= 15 is 0 Å². The molecule has 0 aromatic heterocycles. The molecule has 0 aliphatic rings. The Kier molecular flexibility index (Phi) is 6.97. The van der Waals surface area contributed by atoms with Crippen LogP contribution in [0.1, 0.15) is 13.8 Å². The molecule has 5 nitrogen and oxygen atoms in total. The molecular formula is C7H15ClN2O3S. The van der Waals surface area contributed by atoms with Gasteiger partial charge in [0.2, 0.25) is 5.91 Å². The summed E-state index contributed by atoms with van der Waals surface area (Å²) in [7, 11) is 0. The van der Waals surface area contributed by atoms with E-state index in [2.05, 4.69) is 17.9 Å². The lowest BCUT2D eigenvalue weighted by Gasteiger charge is -2.20. The van der Waals surface area contributed by atoms with Gasteiger partial charge in [0.1, 0.15) is 6.04 Å². The molecule has 7 heteroatoms. The number of carbonyl (C=O) groups excluding carboxylic acids is 1. The van der Waals surface area contributed by atoms with Crippen LogP contribution in [0.15, 0.2) is 0 Å². The quantitative estimate of drug-likeness (QED) is 0.507. The van der Waals surface area contributed by atoms with Crippen molar-refractivity contribution in [2.45, 2.75) is 25.4 Å². The highest BCUT2D eigenvalue weighted by Gasteiger charge is 2.26. The normalized spacial score (nSPS) is 12.6. The SMILES string of the molecule is CC(C)(N)C(=O)N[C@@H](CS)C(=O)O.Cl. The molecule has 0 aliphatic carbocycles. The number of halogens is 1. The first-order chi connectivity index (χ1) is 5.79. The molecule has 0 fully saturated rings. The Morgan fingerprint density at radius 1 is 1.57 bits per heavy atom. The molecular weight excluding hydrogens is 228 g/mol. The fourth-order valence-electron chi connectivity index (χ4n) is 0.530. The van der Waals surface area contributed by atoms with Gasteiger partial charge in [-0.3, -0.25) is 4.79 Å². The minimum Gasteiger partial charge on any atom is -0.480 e. The van der Waals surface area contributed by atoms with Gasteiger partial charge in [-0.1, -0.05) is 0 Å². The van der Waals surface area contributed by atoms with Gasteiger partial charge in [-0.2, -0.15) is 12.6 Å². The standard InChI is InChI=1S/C7H14N2O3S.ClH/c1-7(2,8)6(12)9-4(3-13)5(10)11;/h4,13H,3,8H2,1-2H3,(H,9,12)(H,10,11);1H/t4-;/m0./s1. The van der Waals surface area contributed by atoms with Gasteiger partial charge in [0, 0.05) is 5.75 Å². The third kappa shape index (κ3) is 5.31. The lowest BCUT2D eigenvalue weighted by molar-refractivity contribution is -0.141. The maximum absolute atomic E-state index is 11.2. The number of carboxylic acids is 1. The van der Waals surface area contributed by atoms with Crippen molar-refractivity contribution in [1.82, 2.24) is 5.32 Å². The summed E-state index contributed by atoms with van der Waals surface area (Å²) in [5.41, 5.74) is 4.38. The average Bonchev–Trinajstić information content (AvgIpc) is 1.96. The summed E-state index contributed by atoms with van der Waals surface area (Å²) in [5, 5.41) is 10.8. The summed E-state index contributed by atoms with van der Waals surface area (Å²) < 4.78 is 0. The van der Waals surface area contributed by atoms with E-state index in [0.717, 1.165) is 0 Å². The van der Waals surface area contributed by atoms with Gasteiger partial charge in [-0.05, 0) is 13.8 Å². The van der Waals surface area contributed by atoms with Crippen molar-refractivity contribution in [1.29, 1.82) is 0 Å². The lowest BCUT2D eigenvalue weighted by Crippen LogP contribution is -2.54. The molecule has 1 amide bonds. The van der Waals surface area contributed by atoms with Crippen LogP contribution in [0.5, 0.6) is 0 Å². The molecule has 0 rings (SSSR count). The van der Waals surface area contributed by atoms with Gasteiger partial charge in [0.25, 0.3) is 0 Å². The number of nitrogens with two attached hydrogens (primary N) is 1. The van der Waals surface area contributed by atoms with Crippen LogP contribution in [0, 0.1) is 0 Å². The monoisotopic (exact) mass is 242 g/mol. The zero-order valence-electron chi connectivity index (χ0n) is 7.98. The third-order valence-electron chi connectivity index (χ3n) is 1.37. The number of thiol groups is 1. The van der Waals surface area contributed by atoms with E-state index in [0.29, 0.717) is 0 Å². The van der Waals surface area contributed by atoms with E-state index in [-0.39, 0.29) is 18.2 Å². The highest BCUT2D eigenvalue weighted by molar-refractivity contribution is 7.80. The molecule has 84 valence electrons. The molecule has 1 atom stereocenters. The summed E-state index contributed by atoms with van der Waals surface area (Å²) in [6.07, 6.45) is 0. The first kappa shape index (κ1) is 16.0. The molecule has 0 saturated heterocycles. The van der Waals surface area contributed by atoms with Gasteiger partial charge in [0.15, 0.2) is 0 Å². The molecule has 0 unspecified atom stereocenters. The van der Waals surface area contributed by atoms with Crippen LogP contribution in [0.2, 0.25) is 0 Å². The van der Waals surface area contributed by atoms with Crippen molar-refractivity contribution in [2.24, 2.45) is 5.73 Å². The Labute approximate surface area is 94.2 Å². The highest BCUT2D eigenvalue weighted by atomic mass is 35.5. The number of carbonyl (C=O) groups is 2. The largest absolute Gasteiger partial charge is 0.480 e. The number of aliphatic carboxylic acids is 1. The Morgan fingerprint density at radius 2 is 2.00 bits per heavy atom. The molecule has 0 bridgehead atoms. The van der Waals surface area contributed by atoms with E-state index in [1.807, 2.05) is 0 Å². The van der Waals surface area contributed by atoms with Crippen molar-refractivity contribution in [3.05, 3.63) is 0 Å². The van der Waals surface area contributed by atoms with Gasteiger partial charge >= 0.3 is 5.97 Å². The first-order valence-corrected chi connectivity index (χ1v) is 4.35. The van der Waals surface area contributed by atoms with Gasteiger partial charge in [-0.15, -0.1) is 12.4 Å². The highest BCUT2D eigenvalue weighted by Crippen LogP contribution is 1.98. The Morgan fingerprint density at radius 3 is 2.21 bits per heavy atom. The van der Waals surface area contributed by atoms with Crippen LogP contribution in [-0.4, -0.2) is 34.3 Å². The van der Waals surface area contributed by atoms with Crippen LogP contribution < -0.4 is 11.1 Å². The second-order valence-corrected chi connectivity index (χ2v) is 3.63. The topological polar surface area (TPSA) is 92.4 Å². The number of rotatable bonds is 4. The summed E-state index contributed by atoms with van der Waals surface area (Å²) in [4.78, 5) is 21.7. The molecule has 0 aliphatic heterocycles. The second-order valence-electron chi connectivity index (χ2n) is 3.27. The van der Waals surface area contributed by atoms with Gasteiger partial charge in [0.05, 0.1) is 5.54 Å². The van der Waals surface area contributed by atoms with E-state index < -0.39 is 23.5 Å². The lowest BCUT2D eigenvalue weighted by atomic mass is 10.1. The molecule has 0 aromatic rings. The van der Waals surface area contributed by atoms with Crippen LogP contribution in [0.3, 0.4) is 0 Å². The fraction of sp³-hybridized carbons (Fsp3) is 0.714. The molecule has 14 heavy (non-hydrogen) atoms. The zero-order valence-corrected chi connectivity index (χ0v) is 9.69. The fourth-order valence-corrected chi connectivity index (χ4v) is 0.777. The number of hydrogen-bond acceptors (Lipinski definition) is 4. The third-order valence-corrected chi connectivity index (χ3v) is 1.74. The smallest absolute Gasteiger partial charge is 0.327 e. The van der Waals surface area contributed by atoms with Gasteiger partial charge in [-0.25, -0.2) is 4.79 Å². The molecule has 0 aromatic carbocycles. The van der Waals surface area contributed by atoms with E-state index in [1.54, 1.807) is 0 Å². The van der Waals surface area contributed by atoms with Crippen molar-refractivity contribution in [3.63, 3.8) is 0 Å². The summed E-state index contributed by atoms with van der Waals surface area (Å²) >= 11 is 3.79. The van der Waals surface area contributed by atoms with Crippen molar-refractivity contribution >= 4 is 36.9 Å². The van der Waals surface area contributed by atoms with Crippen molar-refractivity contribution in [2.75, 3.05) is 5.75 Å². The first-order valence-electron chi connectivity index (χ1n) is 3.72. The van der Waals surface area contributed by atoms with Crippen LogP contribution in [-0.2, 0) is 9.59 Å². The summed E-state index contributed by atoms with van der Waals surface area (Å²) in [5.74, 6) is -1.58. The maximum Gasteiger partial charge on any atom is 0.327 e. The molecule has 0 saturated carbocycles. The zero-order chi connectivity index (χ0) is 10.6. The number of nitrogens with one attached hydrogen (secondary N) is 1. The number of hydrogen-bond donors (Lipinski definition) is 4. The van der Waals surface area contributed by atoms with Crippen molar-refractivity contribution < 1.29 is 14.7 Å². The summed E-state index contributed by atoms with van der Waals surface area (Å²) in [6.45, 7) is 3.00. The number of amides is 1. The Hall–Kier alpha value is -0.460. The average molecular weight is 243 g/mol. The Bertz CT molecular complexity index is 217. The predicted octanol–water partition coefficient (Wildman–Crippen LogP) is -0.355. The minimum atomic E-state index is -1.12. The van der Waals surface area contributed by atoms with Crippen LogP contribution in [0.4, 0.5) is 0 Å². The molecule has 0 heterocycles. The minimum absolute atomic E-state index is 0. The van der Waals surface area contributed by atoms with Crippen LogP contribution in [0.25, 0.3) is 0 Å². The van der Waals surface area contributed by atoms with Gasteiger partial charge < -0.3 is 16.2 Å². The molecule has 0 spiro atoms. The van der Waals surface area contributed by atoms with Crippen molar-refractivity contribution in [3.8, 4) is 0 Å². The predicted molar refractivity (Wildman–Crippen MR) is 58.9 cm³/mol. The second kappa shape index (κ2) is 6.10. The summed E-state index contributed by atoms with van der Waals surface area (Å²) in [6, 6.07) is -0.987. The maximum atomic E-state index is 11.2.